The van der Waals surface area contributed by atoms with Gasteiger partial charge in [0.15, 0.2) is 0 Å². The zero-order valence-corrected chi connectivity index (χ0v) is 13.2. The summed E-state index contributed by atoms with van der Waals surface area (Å²) >= 11 is 0. The molecule has 0 bridgehead atoms. The number of piperidine rings is 1. The smallest absolute Gasteiger partial charge is 0.320 e. The maximum absolute atomic E-state index is 13.5. The van der Waals surface area contributed by atoms with E-state index in [9.17, 15) is 9.18 Å². The van der Waals surface area contributed by atoms with Crippen molar-refractivity contribution in [3.05, 3.63) is 35.6 Å². The van der Waals surface area contributed by atoms with E-state index in [0.717, 1.165) is 57.5 Å². The van der Waals surface area contributed by atoms with Gasteiger partial charge in [0.2, 0.25) is 0 Å². The third-order valence-corrected chi connectivity index (χ3v) is 4.76. The lowest BCUT2D eigenvalue weighted by Crippen LogP contribution is -2.53. The molecule has 2 aliphatic heterocycles. The topological polar surface area (TPSA) is 26.8 Å². The van der Waals surface area contributed by atoms with Crippen molar-refractivity contribution in [2.45, 2.75) is 25.3 Å². The van der Waals surface area contributed by atoms with Crippen LogP contribution in [0.4, 0.5) is 9.18 Å². The van der Waals surface area contributed by atoms with Gasteiger partial charge >= 0.3 is 6.03 Å². The third-order valence-electron chi connectivity index (χ3n) is 4.76. The van der Waals surface area contributed by atoms with Crippen molar-refractivity contribution in [1.29, 1.82) is 0 Å². The first-order valence-corrected chi connectivity index (χ1v) is 8.15. The molecule has 1 atom stereocenters. The Morgan fingerprint density at radius 3 is 2.64 bits per heavy atom. The van der Waals surface area contributed by atoms with Gasteiger partial charge in [0, 0.05) is 32.7 Å². The highest BCUT2D eigenvalue weighted by molar-refractivity contribution is 5.75. The molecule has 5 heteroatoms. The monoisotopic (exact) mass is 305 g/mol. The van der Waals surface area contributed by atoms with Gasteiger partial charge in [-0.25, -0.2) is 9.18 Å². The fourth-order valence-electron chi connectivity index (χ4n) is 3.40. The van der Waals surface area contributed by atoms with Crippen LogP contribution >= 0.6 is 0 Å². The average Bonchev–Trinajstić information content (AvgIpc) is 2.55. The summed E-state index contributed by atoms with van der Waals surface area (Å²) in [5.41, 5.74) is 0.919. The number of nitrogens with zero attached hydrogens (tertiary/aromatic N) is 3. The minimum absolute atomic E-state index is 0.0107. The van der Waals surface area contributed by atoms with E-state index in [1.165, 1.54) is 6.07 Å². The van der Waals surface area contributed by atoms with Crippen LogP contribution in [0.5, 0.6) is 0 Å². The molecule has 2 saturated heterocycles. The quantitative estimate of drug-likeness (QED) is 0.797. The molecule has 2 aliphatic rings. The fraction of sp³-hybridized carbons (Fsp3) is 0.588. The van der Waals surface area contributed by atoms with Crippen LogP contribution in [0.15, 0.2) is 24.3 Å². The molecule has 0 N–H and O–H groups in total. The van der Waals surface area contributed by atoms with Crippen molar-refractivity contribution in [3.8, 4) is 0 Å². The number of amides is 2. The van der Waals surface area contributed by atoms with E-state index >= 15 is 0 Å². The molecule has 0 aliphatic carbocycles. The van der Waals surface area contributed by atoms with Gasteiger partial charge < -0.3 is 14.7 Å². The van der Waals surface area contributed by atoms with Crippen molar-refractivity contribution in [3.63, 3.8) is 0 Å². The van der Waals surface area contributed by atoms with Gasteiger partial charge in [-0.3, -0.25) is 0 Å². The first kappa shape index (κ1) is 15.3. The van der Waals surface area contributed by atoms with Gasteiger partial charge in [-0.05, 0) is 44.0 Å². The molecule has 1 aromatic rings. The summed E-state index contributed by atoms with van der Waals surface area (Å²) in [5, 5.41) is 0. The number of piperazine rings is 1. The van der Waals surface area contributed by atoms with Crippen LogP contribution in [0.3, 0.4) is 0 Å². The van der Waals surface area contributed by atoms with Crippen molar-refractivity contribution in [1.82, 2.24) is 14.7 Å². The first-order chi connectivity index (χ1) is 10.6. The SMILES string of the molecule is CN1CCN(C(=O)N2CCCCC2c2cccc(F)c2)CC1. The van der Waals surface area contributed by atoms with Crippen LogP contribution in [0, 0.1) is 5.82 Å². The molecule has 0 saturated carbocycles. The number of carbonyl (C=O) groups is 1. The number of halogens is 1. The van der Waals surface area contributed by atoms with Crippen LogP contribution in [0.2, 0.25) is 0 Å². The van der Waals surface area contributed by atoms with E-state index in [0.29, 0.717) is 0 Å². The summed E-state index contributed by atoms with van der Waals surface area (Å²) in [7, 11) is 2.08. The van der Waals surface area contributed by atoms with E-state index in [1.807, 2.05) is 15.9 Å². The van der Waals surface area contributed by atoms with Crippen LogP contribution in [-0.2, 0) is 0 Å². The lowest BCUT2D eigenvalue weighted by molar-refractivity contribution is 0.0949. The molecule has 120 valence electrons. The van der Waals surface area contributed by atoms with Gasteiger partial charge in [0.25, 0.3) is 0 Å². The van der Waals surface area contributed by atoms with Crippen LogP contribution in [0.1, 0.15) is 30.9 Å². The minimum Gasteiger partial charge on any atom is -0.322 e. The number of likely N-dealkylation sites (N-methyl/N-ethyl adjacent to an activating group) is 1. The van der Waals surface area contributed by atoms with Crippen LogP contribution < -0.4 is 0 Å². The lowest BCUT2D eigenvalue weighted by atomic mass is 9.95. The van der Waals surface area contributed by atoms with E-state index in [-0.39, 0.29) is 17.9 Å². The Labute approximate surface area is 131 Å². The average molecular weight is 305 g/mol. The Kier molecular flexibility index (Phi) is 4.62. The summed E-state index contributed by atoms with van der Waals surface area (Å²) in [5.74, 6) is -0.227. The molecule has 0 aromatic heterocycles. The predicted octanol–water partition coefficient (Wildman–Crippen LogP) is 2.72. The minimum atomic E-state index is -0.227. The Morgan fingerprint density at radius 1 is 1.14 bits per heavy atom. The number of benzene rings is 1. The van der Waals surface area contributed by atoms with E-state index in [4.69, 9.17) is 0 Å². The van der Waals surface area contributed by atoms with E-state index in [1.54, 1.807) is 12.1 Å². The van der Waals surface area contributed by atoms with Crippen molar-refractivity contribution in [2.75, 3.05) is 39.8 Å². The molecule has 0 radical (unpaired) electrons. The van der Waals surface area contributed by atoms with Gasteiger partial charge in [-0.1, -0.05) is 12.1 Å². The molecule has 4 nitrogen and oxygen atoms in total. The normalized spacial score (nSPS) is 23.6. The predicted molar refractivity (Wildman–Crippen MR) is 84.2 cm³/mol. The number of likely N-dealkylation sites (tertiary alicyclic amines) is 1. The number of carbonyl (C=O) groups excluding carboxylic acids is 1. The fourth-order valence-corrected chi connectivity index (χ4v) is 3.40. The molecule has 2 fully saturated rings. The highest BCUT2D eigenvalue weighted by Crippen LogP contribution is 2.32. The maximum Gasteiger partial charge on any atom is 0.320 e. The van der Waals surface area contributed by atoms with E-state index < -0.39 is 0 Å². The molecule has 1 unspecified atom stereocenters. The Morgan fingerprint density at radius 2 is 1.91 bits per heavy atom. The Bertz CT molecular complexity index is 528. The second-order valence-electron chi connectivity index (χ2n) is 6.33. The van der Waals surface area contributed by atoms with Gasteiger partial charge in [-0.2, -0.15) is 0 Å². The lowest BCUT2D eigenvalue weighted by Gasteiger charge is -2.41. The number of rotatable bonds is 1. The number of hydrogen-bond acceptors (Lipinski definition) is 2. The van der Waals surface area contributed by atoms with Gasteiger partial charge in [0.1, 0.15) is 5.82 Å². The van der Waals surface area contributed by atoms with Crippen LogP contribution in [0.25, 0.3) is 0 Å². The molecular formula is C17H24FN3O. The van der Waals surface area contributed by atoms with E-state index in [2.05, 4.69) is 11.9 Å². The van der Waals surface area contributed by atoms with Crippen molar-refractivity contribution < 1.29 is 9.18 Å². The molecule has 2 amide bonds. The van der Waals surface area contributed by atoms with Crippen LogP contribution in [-0.4, -0.2) is 60.5 Å². The molecule has 1 aromatic carbocycles. The molecule has 0 spiro atoms. The van der Waals surface area contributed by atoms with Crippen molar-refractivity contribution in [2.24, 2.45) is 0 Å². The molecular weight excluding hydrogens is 281 g/mol. The largest absolute Gasteiger partial charge is 0.322 e. The number of hydrogen-bond donors (Lipinski definition) is 0. The summed E-state index contributed by atoms with van der Waals surface area (Å²) in [6.45, 7) is 4.17. The second kappa shape index (κ2) is 6.65. The molecule has 22 heavy (non-hydrogen) atoms. The standard InChI is InChI=1S/C17H24FN3O/c1-19-9-11-20(12-10-19)17(22)21-8-3-2-7-16(21)14-5-4-6-15(18)13-14/h4-6,13,16H,2-3,7-12H2,1H3. The summed E-state index contributed by atoms with van der Waals surface area (Å²) in [6, 6.07) is 6.82. The number of urea groups is 1. The summed E-state index contributed by atoms with van der Waals surface area (Å²) in [6.07, 6.45) is 3.04. The molecule has 3 rings (SSSR count). The first-order valence-electron chi connectivity index (χ1n) is 8.15. The maximum atomic E-state index is 13.5. The highest BCUT2D eigenvalue weighted by atomic mass is 19.1. The summed E-state index contributed by atoms with van der Waals surface area (Å²) < 4.78 is 13.5. The zero-order valence-electron chi connectivity index (χ0n) is 13.2. The Balaban J connectivity index is 1.76. The summed E-state index contributed by atoms with van der Waals surface area (Å²) in [4.78, 5) is 19.0. The second-order valence-corrected chi connectivity index (χ2v) is 6.33. The third kappa shape index (κ3) is 3.24. The highest BCUT2D eigenvalue weighted by Gasteiger charge is 2.32. The zero-order chi connectivity index (χ0) is 15.5. The Hall–Kier alpha value is -1.62. The van der Waals surface area contributed by atoms with Gasteiger partial charge in [0.05, 0.1) is 6.04 Å². The van der Waals surface area contributed by atoms with Crippen molar-refractivity contribution >= 4 is 6.03 Å². The molecule has 2 heterocycles. The van der Waals surface area contributed by atoms with Gasteiger partial charge in [-0.15, -0.1) is 0 Å².